The molecule has 10 heteroatoms. The number of nitrogens with one attached hydrogen (secondary N) is 1. The number of rotatable bonds is 12. The minimum absolute atomic E-state index is 0.0581. The normalized spacial score (nSPS) is 12.0. The number of carbonyl (C=O) groups excluding carboxylic acids is 2. The largest absolute Gasteiger partial charge is 0.354 e. The number of anilines is 1. The zero-order valence-electron chi connectivity index (χ0n) is 22.2. The smallest absolute Gasteiger partial charge is 0.244 e. The molecular formula is C29H33Cl2N3O4S. The summed E-state index contributed by atoms with van der Waals surface area (Å²) >= 11 is 12.5. The Morgan fingerprint density at radius 2 is 1.62 bits per heavy atom. The van der Waals surface area contributed by atoms with E-state index >= 15 is 0 Å². The van der Waals surface area contributed by atoms with E-state index in [0.717, 1.165) is 22.5 Å². The summed E-state index contributed by atoms with van der Waals surface area (Å²) in [5, 5.41) is 3.78. The van der Waals surface area contributed by atoms with Gasteiger partial charge in [0.2, 0.25) is 21.8 Å². The van der Waals surface area contributed by atoms with Crippen LogP contribution in [0, 0.1) is 6.92 Å². The molecule has 2 amide bonds. The zero-order valence-corrected chi connectivity index (χ0v) is 24.6. The third-order valence-corrected chi connectivity index (χ3v) is 8.02. The highest BCUT2D eigenvalue weighted by Gasteiger charge is 2.33. The Bertz CT molecular complexity index is 1400. The number of hydrogen-bond donors (Lipinski definition) is 1. The van der Waals surface area contributed by atoms with Gasteiger partial charge < -0.3 is 10.2 Å². The highest BCUT2D eigenvalue weighted by Crippen LogP contribution is 2.28. The summed E-state index contributed by atoms with van der Waals surface area (Å²) in [4.78, 5) is 29.0. The van der Waals surface area contributed by atoms with Gasteiger partial charge in [-0.05, 0) is 54.3 Å². The average molecular weight is 591 g/mol. The Kier molecular flexibility index (Phi) is 10.8. The van der Waals surface area contributed by atoms with Crippen LogP contribution in [0.1, 0.15) is 30.0 Å². The molecule has 3 aromatic rings. The fourth-order valence-electron chi connectivity index (χ4n) is 4.21. The van der Waals surface area contributed by atoms with Gasteiger partial charge in [-0.15, -0.1) is 0 Å². The zero-order chi connectivity index (χ0) is 28.6. The molecule has 0 saturated heterocycles. The molecule has 0 bridgehead atoms. The van der Waals surface area contributed by atoms with Gasteiger partial charge in [0, 0.05) is 29.6 Å². The molecule has 0 saturated carbocycles. The van der Waals surface area contributed by atoms with Gasteiger partial charge in [0.05, 0.1) is 11.9 Å². The summed E-state index contributed by atoms with van der Waals surface area (Å²) in [6, 6.07) is 20.4. The van der Waals surface area contributed by atoms with Gasteiger partial charge in [-0.3, -0.25) is 13.9 Å². The molecule has 7 nitrogen and oxygen atoms in total. The third kappa shape index (κ3) is 8.46. The first kappa shape index (κ1) is 30.5. The molecule has 0 heterocycles. The fourth-order valence-corrected chi connectivity index (χ4v) is 5.50. The number of nitrogens with zero attached hydrogens (tertiary/aromatic N) is 2. The molecule has 3 aromatic carbocycles. The van der Waals surface area contributed by atoms with E-state index in [-0.39, 0.29) is 18.9 Å². The molecule has 0 unspecified atom stereocenters. The van der Waals surface area contributed by atoms with Gasteiger partial charge >= 0.3 is 0 Å². The number of halogens is 2. The van der Waals surface area contributed by atoms with Crippen LogP contribution in [0.3, 0.4) is 0 Å². The van der Waals surface area contributed by atoms with Gasteiger partial charge in [-0.2, -0.15) is 0 Å². The first-order valence-electron chi connectivity index (χ1n) is 12.6. The molecule has 0 aromatic heterocycles. The van der Waals surface area contributed by atoms with E-state index in [0.29, 0.717) is 33.4 Å². The molecule has 0 spiro atoms. The van der Waals surface area contributed by atoms with Gasteiger partial charge in [-0.1, -0.05) is 78.7 Å². The Hall–Kier alpha value is -3.07. The van der Waals surface area contributed by atoms with E-state index in [1.54, 1.807) is 43.3 Å². The van der Waals surface area contributed by atoms with Crippen molar-refractivity contribution in [2.24, 2.45) is 0 Å². The lowest BCUT2D eigenvalue weighted by molar-refractivity contribution is -0.140. The van der Waals surface area contributed by atoms with Crippen molar-refractivity contribution in [1.29, 1.82) is 0 Å². The lowest BCUT2D eigenvalue weighted by Crippen LogP contribution is -2.53. The third-order valence-electron chi connectivity index (χ3n) is 6.25. The fraction of sp³-hybridized carbons (Fsp3) is 0.310. The molecule has 0 aliphatic rings. The SMILES string of the molecule is CCCNC(=O)[C@@H](Cc1ccccc1)N(Cc1cccc(Cl)c1)C(=O)CN(c1cccc(Cl)c1C)S(C)(=O)=O. The van der Waals surface area contributed by atoms with Crippen LogP contribution in [0.5, 0.6) is 0 Å². The maximum Gasteiger partial charge on any atom is 0.244 e. The average Bonchev–Trinajstić information content (AvgIpc) is 2.89. The van der Waals surface area contributed by atoms with E-state index in [1.807, 2.05) is 43.3 Å². The Balaban J connectivity index is 2.07. The summed E-state index contributed by atoms with van der Waals surface area (Å²) in [7, 11) is -3.88. The maximum absolute atomic E-state index is 14.0. The van der Waals surface area contributed by atoms with E-state index < -0.39 is 28.5 Å². The van der Waals surface area contributed by atoms with Crippen molar-refractivity contribution >= 4 is 50.7 Å². The molecule has 0 aliphatic heterocycles. The molecule has 208 valence electrons. The predicted octanol–water partition coefficient (Wildman–Crippen LogP) is 5.23. The number of amides is 2. The Morgan fingerprint density at radius 3 is 2.26 bits per heavy atom. The summed E-state index contributed by atoms with van der Waals surface area (Å²) < 4.78 is 26.8. The predicted molar refractivity (Wildman–Crippen MR) is 158 cm³/mol. The van der Waals surface area contributed by atoms with Crippen LogP contribution in [0.2, 0.25) is 10.0 Å². The van der Waals surface area contributed by atoms with Crippen LogP contribution in [0.4, 0.5) is 5.69 Å². The van der Waals surface area contributed by atoms with Crippen molar-refractivity contribution in [3.8, 4) is 0 Å². The van der Waals surface area contributed by atoms with Crippen LogP contribution in [0.15, 0.2) is 72.8 Å². The quantitative estimate of drug-likeness (QED) is 0.313. The van der Waals surface area contributed by atoms with Crippen LogP contribution in [-0.4, -0.2) is 50.5 Å². The van der Waals surface area contributed by atoms with Gasteiger partial charge in [0.25, 0.3) is 0 Å². The Morgan fingerprint density at radius 1 is 0.949 bits per heavy atom. The summed E-state index contributed by atoms with van der Waals surface area (Å²) in [5.41, 5.74) is 2.40. The molecule has 0 radical (unpaired) electrons. The summed E-state index contributed by atoms with van der Waals surface area (Å²) in [6.07, 6.45) is 2.01. The summed E-state index contributed by atoms with van der Waals surface area (Å²) in [6.45, 7) is 3.63. The minimum Gasteiger partial charge on any atom is -0.354 e. The minimum atomic E-state index is -3.88. The van der Waals surface area contributed by atoms with Crippen molar-refractivity contribution < 1.29 is 18.0 Å². The molecular weight excluding hydrogens is 557 g/mol. The first-order chi connectivity index (χ1) is 18.5. The van der Waals surface area contributed by atoms with Gasteiger partial charge in [0.15, 0.2) is 0 Å². The standard InChI is InChI=1S/C29H33Cl2N3O4S/c1-4-16-32-29(36)27(18-22-10-6-5-7-11-22)33(19-23-12-8-13-24(30)17-23)28(35)20-34(39(3,37)38)26-15-9-14-25(31)21(26)2/h5-15,17,27H,4,16,18-20H2,1-3H3,(H,32,36)/t27-/m1/s1. The van der Waals surface area contributed by atoms with Crippen molar-refractivity contribution in [2.45, 2.75) is 39.3 Å². The number of hydrogen-bond acceptors (Lipinski definition) is 4. The number of sulfonamides is 1. The lowest BCUT2D eigenvalue weighted by atomic mass is 10.0. The van der Waals surface area contributed by atoms with Crippen molar-refractivity contribution in [1.82, 2.24) is 10.2 Å². The van der Waals surface area contributed by atoms with E-state index in [4.69, 9.17) is 23.2 Å². The second-order valence-electron chi connectivity index (χ2n) is 9.30. The molecule has 0 aliphatic carbocycles. The second kappa shape index (κ2) is 13.8. The summed E-state index contributed by atoms with van der Waals surface area (Å²) in [5.74, 6) is -0.853. The lowest BCUT2D eigenvalue weighted by Gasteiger charge is -2.34. The van der Waals surface area contributed by atoms with Gasteiger partial charge in [-0.25, -0.2) is 8.42 Å². The highest BCUT2D eigenvalue weighted by molar-refractivity contribution is 7.92. The molecule has 0 fully saturated rings. The molecule has 1 atom stereocenters. The first-order valence-corrected chi connectivity index (χ1v) is 15.2. The highest BCUT2D eigenvalue weighted by atomic mass is 35.5. The van der Waals surface area contributed by atoms with E-state index in [9.17, 15) is 18.0 Å². The topological polar surface area (TPSA) is 86.8 Å². The van der Waals surface area contributed by atoms with Crippen LogP contribution < -0.4 is 9.62 Å². The van der Waals surface area contributed by atoms with E-state index in [1.165, 1.54) is 4.90 Å². The van der Waals surface area contributed by atoms with Crippen LogP contribution in [0.25, 0.3) is 0 Å². The Labute approximate surface area is 240 Å². The van der Waals surface area contributed by atoms with Gasteiger partial charge in [0.1, 0.15) is 12.6 Å². The molecule has 3 rings (SSSR count). The van der Waals surface area contributed by atoms with Crippen molar-refractivity contribution in [3.63, 3.8) is 0 Å². The number of benzene rings is 3. The molecule has 1 N–H and O–H groups in total. The second-order valence-corrected chi connectivity index (χ2v) is 12.1. The van der Waals surface area contributed by atoms with E-state index in [2.05, 4.69) is 5.32 Å². The van der Waals surface area contributed by atoms with Crippen LogP contribution >= 0.6 is 23.2 Å². The van der Waals surface area contributed by atoms with Crippen molar-refractivity contribution in [3.05, 3.63) is 99.5 Å². The number of carbonyl (C=O) groups is 2. The van der Waals surface area contributed by atoms with Crippen LogP contribution in [-0.2, 0) is 32.6 Å². The van der Waals surface area contributed by atoms with Crippen molar-refractivity contribution in [2.75, 3.05) is 23.7 Å². The monoisotopic (exact) mass is 589 g/mol. The molecule has 39 heavy (non-hydrogen) atoms. The maximum atomic E-state index is 14.0.